The molecule has 0 spiro atoms. The van der Waals surface area contributed by atoms with Gasteiger partial charge >= 0.3 is 5.97 Å². The molecule has 0 bridgehead atoms. The molecule has 0 saturated heterocycles. The average Bonchev–Trinajstić information content (AvgIpc) is 3.02. The summed E-state index contributed by atoms with van der Waals surface area (Å²) >= 11 is 8.33. The molecule has 0 N–H and O–H groups in total. The number of furan rings is 1. The highest BCUT2D eigenvalue weighted by Crippen LogP contribution is 2.41. The highest BCUT2D eigenvalue weighted by Gasteiger charge is 2.32. The molecule has 3 rings (SSSR count). The Morgan fingerprint density at radius 1 is 1.57 bits per heavy atom. The summed E-state index contributed by atoms with van der Waals surface area (Å²) in [5.41, 5.74) is 0.864. The quantitative estimate of drug-likeness (QED) is 0.644. The normalized spacial score (nSPS) is 17.6. The summed E-state index contributed by atoms with van der Waals surface area (Å²) in [4.78, 5) is 17.9. The zero-order chi connectivity index (χ0) is 15.0. The minimum absolute atomic E-state index is 0.169. The minimum Gasteiger partial charge on any atom is -0.465 e. The van der Waals surface area contributed by atoms with Crippen molar-refractivity contribution in [2.45, 2.75) is 32.1 Å². The van der Waals surface area contributed by atoms with Crippen molar-refractivity contribution in [3.05, 3.63) is 25.8 Å². The van der Waals surface area contributed by atoms with Gasteiger partial charge in [-0.05, 0) is 58.0 Å². The lowest BCUT2D eigenvalue weighted by atomic mass is 9.91. The first-order chi connectivity index (χ1) is 10.1. The van der Waals surface area contributed by atoms with E-state index < -0.39 is 0 Å². The zero-order valence-electron chi connectivity index (χ0n) is 11.3. The molecule has 21 heavy (non-hydrogen) atoms. The van der Waals surface area contributed by atoms with Crippen molar-refractivity contribution < 1.29 is 13.9 Å². The maximum absolute atomic E-state index is 12.1. The van der Waals surface area contributed by atoms with E-state index in [4.69, 9.17) is 9.15 Å². The van der Waals surface area contributed by atoms with Gasteiger partial charge in [0.1, 0.15) is 5.92 Å². The lowest BCUT2D eigenvalue weighted by molar-refractivity contribution is -0.145. The Hall–Kier alpha value is -0.660. The number of ether oxygens (including phenoxy) is 1. The first-order valence-electron chi connectivity index (χ1n) is 6.71. The molecule has 0 fully saturated rings. The van der Waals surface area contributed by atoms with Crippen LogP contribution in [0.2, 0.25) is 0 Å². The fourth-order valence-electron chi connectivity index (χ4n) is 2.45. The van der Waals surface area contributed by atoms with Gasteiger partial charge in [-0.2, -0.15) is 0 Å². The number of aryl methyl sites for hydroxylation is 1. The van der Waals surface area contributed by atoms with Crippen molar-refractivity contribution in [2.75, 3.05) is 6.61 Å². The van der Waals surface area contributed by atoms with Crippen LogP contribution in [-0.2, 0) is 16.0 Å². The topological polar surface area (TPSA) is 52.3 Å². The van der Waals surface area contributed by atoms with Crippen molar-refractivity contribution in [1.82, 2.24) is 4.98 Å². The molecule has 1 aliphatic rings. The number of rotatable bonds is 3. The maximum Gasteiger partial charge on any atom is 0.315 e. The van der Waals surface area contributed by atoms with Crippen LogP contribution in [0.4, 0.5) is 0 Å². The number of esters is 1. The maximum atomic E-state index is 12.1. The lowest BCUT2D eigenvalue weighted by Gasteiger charge is -2.19. The summed E-state index contributed by atoms with van der Waals surface area (Å²) in [5, 5.41) is 0.808. The van der Waals surface area contributed by atoms with Gasteiger partial charge in [0.15, 0.2) is 15.4 Å². The van der Waals surface area contributed by atoms with E-state index in [9.17, 15) is 4.79 Å². The highest BCUT2D eigenvalue weighted by molar-refractivity contribution is 9.13. The highest BCUT2D eigenvalue weighted by atomic mass is 79.9. The Kier molecular flexibility index (Phi) is 4.51. The second-order valence-corrected chi connectivity index (χ2v) is 7.41. The Labute approximate surface area is 143 Å². The van der Waals surface area contributed by atoms with E-state index in [1.54, 1.807) is 11.3 Å². The molecule has 1 unspecified atom stereocenters. The van der Waals surface area contributed by atoms with Crippen molar-refractivity contribution in [3.63, 3.8) is 0 Å². The first-order valence-corrected chi connectivity index (χ1v) is 9.11. The first kappa shape index (κ1) is 15.2. The molecule has 1 aliphatic carbocycles. The Morgan fingerprint density at radius 2 is 2.38 bits per heavy atom. The second kappa shape index (κ2) is 6.22. The molecule has 0 aromatic carbocycles. The molecular formula is C14H13Br2NO3S. The molecule has 2 aromatic heterocycles. The number of thiazole rings is 1. The fourth-order valence-corrected chi connectivity index (χ4v) is 4.14. The summed E-state index contributed by atoms with van der Waals surface area (Å²) in [7, 11) is 0. The van der Waals surface area contributed by atoms with E-state index in [2.05, 4.69) is 36.8 Å². The van der Waals surface area contributed by atoms with Crippen LogP contribution in [0.5, 0.6) is 0 Å². The van der Waals surface area contributed by atoms with Gasteiger partial charge in [-0.3, -0.25) is 4.79 Å². The number of hydrogen-bond acceptors (Lipinski definition) is 5. The van der Waals surface area contributed by atoms with Gasteiger partial charge in [-0.15, -0.1) is 11.3 Å². The smallest absolute Gasteiger partial charge is 0.315 e. The van der Waals surface area contributed by atoms with Gasteiger partial charge in [-0.25, -0.2) is 4.98 Å². The SMILES string of the molecule is CCOC(=O)C1CCCc2sc(-c3cc(Br)c(Br)o3)nc21. The molecule has 7 heteroatoms. The lowest BCUT2D eigenvalue weighted by Crippen LogP contribution is -2.20. The number of halogens is 2. The van der Waals surface area contributed by atoms with E-state index in [1.165, 1.54) is 0 Å². The van der Waals surface area contributed by atoms with Crippen molar-refractivity contribution >= 4 is 49.2 Å². The summed E-state index contributed by atoms with van der Waals surface area (Å²) in [6.07, 6.45) is 2.76. The van der Waals surface area contributed by atoms with Crippen LogP contribution in [-0.4, -0.2) is 17.6 Å². The van der Waals surface area contributed by atoms with Crippen molar-refractivity contribution in [1.29, 1.82) is 0 Å². The predicted molar refractivity (Wildman–Crippen MR) is 87.5 cm³/mol. The largest absolute Gasteiger partial charge is 0.465 e. The molecule has 2 aromatic rings. The Balaban J connectivity index is 1.95. The van der Waals surface area contributed by atoms with Crippen LogP contribution in [0, 0.1) is 0 Å². The Morgan fingerprint density at radius 3 is 3.05 bits per heavy atom. The van der Waals surface area contributed by atoms with Gasteiger partial charge in [-0.1, -0.05) is 0 Å². The summed E-state index contributed by atoms with van der Waals surface area (Å²) in [5.74, 6) is 0.299. The Bertz CT molecular complexity index is 660. The van der Waals surface area contributed by atoms with Gasteiger partial charge in [0.25, 0.3) is 0 Å². The third kappa shape index (κ3) is 2.96. The van der Waals surface area contributed by atoms with Crippen LogP contribution in [0.3, 0.4) is 0 Å². The van der Waals surface area contributed by atoms with E-state index >= 15 is 0 Å². The fraction of sp³-hybridized carbons (Fsp3) is 0.429. The van der Waals surface area contributed by atoms with Crippen LogP contribution in [0.1, 0.15) is 36.3 Å². The minimum atomic E-state index is -0.236. The molecule has 0 saturated carbocycles. The third-order valence-electron chi connectivity index (χ3n) is 3.38. The van der Waals surface area contributed by atoms with Crippen molar-refractivity contribution in [2.24, 2.45) is 0 Å². The van der Waals surface area contributed by atoms with Crippen LogP contribution < -0.4 is 0 Å². The zero-order valence-corrected chi connectivity index (χ0v) is 15.3. The van der Waals surface area contributed by atoms with E-state index in [0.717, 1.165) is 39.3 Å². The molecule has 2 heterocycles. The number of nitrogens with zero attached hydrogens (tertiary/aromatic N) is 1. The molecule has 0 amide bonds. The number of hydrogen-bond donors (Lipinski definition) is 0. The molecule has 0 radical (unpaired) electrons. The van der Waals surface area contributed by atoms with Crippen LogP contribution >= 0.6 is 43.2 Å². The molecule has 4 nitrogen and oxygen atoms in total. The number of fused-ring (bicyclic) bond motifs is 1. The van der Waals surface area contributed by atoms with E-state index in [0.29, 0.717) is 17.0 Å². The van der Waals surface area contributed by atoms with Gasteiger partial charge in [0.05, 0.1) is 16.8 Å². The van der Waals surface area contributed by atoms with Gasteiger partial charge in [0.2, 0.25) is 0 Å². The number of carbonyl (C=O) groups excluding carboxylic acids is 1. The molecule has 0 aliphatic heterocycles. The summed E-state index contributed by atoms with van der Waals surface area (Å²) in [6, 6.07) is 1.88. The molecule has 112 valence electrons. The standard InChI is InChI=1S/C14H13Br2NO3S/c1-2-19-14(18)7-4-3-5-10-11(7)17-13(21-10)9-6-8(15)12(16)20-9/h6-7H,2-5H2,1H3. The number of aromatic nitrogens is 1. The van der Waals surface area contributed by atoms with Crippen LogP contribution in [0.25, 0.3) is 10.8 Å². The van der Waals surface area contributed by atoms with Gasteiger partial charge < -0.3 is 9.15 Å². The summed E-state index contributed by atoms with van der Waals surface area (Å²) < 4.78 is 12.3. The van der Waals surface area contributed by atoms with Gasteiger partial charge in [0, 0.05) is 10.9 Å². The molecular weight excluding hydrogens is 422 g/mol. The second-order valence-electron chi connectivity index (χ2n) is 4.76. The average molecular weight is 435 g/mol. The van der Waals surface area contributed by atoms with E-state index in [-0.39, 0.29) is 11.9 Å². The number of carbonyl (C=O) groups is 1. The monoisotopic (exact) mass is 433 g/mol. The van der Waals surface area contributed by atoms with Crippen molar-refractivity contribution in [3.8, 4) is 10.8 Å². The third-order valence-corrected chi connectivity index (χ3v) is 6.24. The van der Waals surface area contributed by atoms with E-state index in [1.807, 2.05) is 13.0 Å². The predicted octanol–water partition coefficient (Wildman–Crippen LogP) is 4.91. The summed E-state index contributed by atoms with van der Waals surface area (Å²) in [6.45, 7) is 2.23. The van der Waals surface area contributed by atoms with Crippen LogP contribution in [0.15, 0.2) is 19.6 Å². The molecule has 1 atom stereocenters.